The zero-order valence-corrected chi connectivity index (χ0v) is 18.1. The van der Waals surface area contributed by atoms with Gasteiger partial charge in [0.2, 0.25) is 0 Å². The number of aromatic nitrogens is 2. The molecule has 0 saturated heterocycles. The van der Waals surface area contributed by atoms with Crippen LogP contribution in [0.25, 0.3) is 0 Å². The number of fused-ring (bicyclic) bond motifs is 2. The lowest BCUT2D eigenvalue weighted by Gasteiger charge is -2.34. The monoisotopic (exact) mass is 435 g/mol. The highest BCUT2D eigenvalue weighted by molar-refractivity contribution is 5.51. The zero-order chi connectivity index (χ0) is 22.4. The van der Waals surface area contributed by atoms with Crippen molar-refractivity contribution < 1.29 is 29.9 Å². The van der Waals surface area contributed by atoms with E-state index in [-0.39, 0.29) is 13.2 Å². The summed E-state index contributed by atoms with van der Waals surface area (Å²) in [5, 5.41) is 45.4. The third-order valence-electron chi connectivity index (χ3n) is 5.70. The van der Waals surface area contributed by atoms with Crippen LogP contribution in [0.2, 0.25) is 0 Å². The van der Waals surface area contributed by atoms with Gasteiger partial charge in [-0.15, -0.1) is 0 Å². The summed E-state index contributed by atoms with van der Waals surface area (Å²) in [5.41, 5.74) is 2.81. The molecule has 1 aromatic heterocycles. The number of hydrogen-bond acceptors (Lipinski definition) is 8. The van der Waals surface area contributed by atoms with E-state index in [1.54, 1.807) is 10.9 Å². The molecule has 9 nitrogen and oxygen atoms in total. The number of aliphatic hydroxyl groups excluding tert-OH is 4. The van der Waals surface area contributed by atoms with Gasteiger partial charge >= 0.3 is 0 Å². The van der Waals surface area contributed by atoms with Gasteiger partial charge in [0.25, 0.3) is 0 Å². The maximum atomic E-state index is 10.8. The Labute approximate surface area is 182 Å². The van der Waals surface area contributed by atoms with E-state index in [1.165, 1.54) is 0 Å². The van der Waals surface area contributed by atoms with Crippen LogP contribution < -0.4 is 9.64 Å². The first-order valence-corrected chi connectivity index (χ1v) is 10.6. The van der Waals surface area contributed by atoms with Crippen molar-refractivity contribution in [3.05, 3.63) is 41.7 Å². The Kier molecular flexibility index (Phi) is 8.28. The fourth-order valence-electron chi connectivity index (χ4n) is 3.64. The molecule has 31 heavy (non-hydrogen) atoms. The molecule has 2 aromatic rings. The lowest BCUT2D eigenvalue weighted by Crippen LogP contribution is -2.51. The molecule has 0 amide bonds. The molecule has 172 valence electrons. The van der Waals surface area contributed by atoms with Gasteiger partial charge in [0, 0.05) is 49.8 Å². The summed E-state index contributed by atoms with van der Waals surface area (Å²) in [4.78, 5) is 1.93. The third-order valence-corrected chi connectivity index (χ3v) is 5.70. The van der Waals surface area contributed by atoms with Crippen molar-refractivity contribution in [2.75, 3.05) is 31.3 Å². The molecular formula is C22H33N3O6. The number of ether oxygens (including phenoxy) is 2. The SMILES string of the molecule is Cc1c(CN2C[C@@H](O)[C@@H](O)[C@@H]([C@H](O)CO)OCCCCOc3cccc2c3)cnn1C. The molecule has 0 spiro atoms. The second kappa shape index (κ2) is 10.9. The number of hydrogen-bond donors (Lipinski definition) is 4. The standard InChI is InChI=1S/C22H33N3O6/c1-15-16(11-23-24(15)2)12-25-13-19(27)21(29)22(20(28)14-26)31-9-4-3-8-30-18-7-5-6-17(25)10-18/h5-7,10-11,19-22,26-29H,3-4,8-9,12-14H2,1-2H3/t19-,20-,21-,22-/m1/s1. The summed E-state index contributed by atoms with van der Waals surface area (Å²) in [6.07, 6.45) is -1.83. The second-order valence-corrected chi connectivity index (χ2v) is 7.96. The van der Waals surface area contributed by atoms with E-state index in [2.05, 4.69) is 5.10 Å². The molecule has 2 heterocycles. The van der Waals surface area contributed by atoms with Crippen LogP contribution in [-0.4, -0.2) is 81.0 Å². The maximum absolute atomic E-state index is 10.8. The number of aliphatic hydroxyl groups is 4. The predicted molar refractivity (Wildman–Crippen MR) is 115 cm³/mol. The molecule has 0 aliphatic carbocycles. The van der Waals surface area contributed by atoms with Crippen LogP contribution in [0, 0.1) is 6.92 Å². The molecule has 9 heteroatoms. The molecule has 1 aliphatic heterocycles. The van der Waals surface area contributed by atoms with E-state index >= 15 is 0 Å². The Morgan fingerprint density at radius 1 is 1.23 bits per heavy atom. The molecule has 1 aromatic carbocycles. The topological polar surface area (TPSA) is 120 Å². The number of anilines is 1. The van der Waals surface area contributed by atoms with Gasteiger partial charge < -0.3 is 34.8 Å². The fraction of sp³-hybridized carbons (Fsp3) is 0.591. The second-order valence-electron chi connectivity index (χ2n) is 7.96. The van der Waals surface area contributed by atoms with Crippen molar-refractivity contribution in [1.82, 2.24) is 9.78 Å². The average Bonchev–Trinajstić information content (AvgIpc) is 3.09. The van der Waals surface area contributed by atoms with Crippen LogP contribution in [0.5, 0.6) is 5.75 Å². The molecule has 4 N–H and O–H groups in total. The summed E-state index contributed by atoms with van der Waals surface area (Å²) in [6, 6.07) is 7.61. The molecule has 0 saturated carbocycles. The smallest absolute Gasteiger partial charge is 0.121 e. The summed E-state index contributed by atoms with van der Waals surface area (Å²) in [5.74, 6) is 0.729. The first-order chi connectivity index (χ1) is 14.9. The van der Waals surface area contributed by atoms with Gasteiger partial charge in [0.15, 0.2) is 0 Å². The first kappa shape index (κ1) is 23.5. The van der Waals surface area contributed by atoms with Crippen LogP contribution in [0.3, 0.4) is 0 Å². The van der Waals surface area contributed by atoms with Crippen LogP contribution >= 0.6 is 0 Å². The fourth-order valence-corrected chi connectivity index (χ4v) is 3.64. The summed E-state index contributed by atoms with van der Waals surface area (Å²) in [7, 11) is 1.87. The molecule has 1 aliphatic rings. The van der Waals surface area contributed by atoms with Gasteiger partial charge in [0.05, 0.1) is 25.5 Å². The summed E-state index contributed by atoms with van der Waals surface area (Å²) >= 11 is 0. The van der Waals surface area contributed by atoms with Crippen molar-refractivity contribution in [1.29, 1.82) is 0 Å². The highest BCUT2D eigenvalue weighted by atomic mass is 16.5. The molecule has 0 fully saturated rings. The lowest BCUT2D eigenvalue weighted by atomic mass is 10.0. The predicted octanol–water partition coefficient (Wildman–Crippen LogP) is 0.368. The number of nitrogens with zero attached hydrogens (tertiary/aromatic N) is 3. The van der Waals surface area contributed by atoms with Crippen LogP contribution in [0.4, 0.5) is 5.69 Å². The van der Waals surface area contributed by atoms with Gasteiger partial charge in [-0.3, -0.25) is 4.68 Å². The Morgan fingerprint density at radius 3 is 2.71 bits per heavy atom. The van der Waals surface area contributed by atoms with Crippen molar-refractivity contribution in [2.45, 2.75) is 50.7 Å². The highest BCUT2D eigenvalue weighted by Crippen LogP contribution is 2.25. The van der Waals surface area contributed by atoms with Gasteiger partial charge in [0.1, 0.15) is 24.1 Å². The minimum atomic E-state index is -1.37. The van der Waals surface area contributed by atoms with Crippen LogP contribution in [-0.2, 0) is 18.3 Å². The lowest BCUT2D eigenvalue weighted by molar-refractivity contribution is -0.141. The van der Waals surface area contributed by atoms with Crippen molar-refractivity contribution >= 4 is 5.69 Å². The van der Waals surface area contributed by atoms with Gasteiger partial charge in [-0.05, 0) is 31.9 Å². The Hall–Kier alpha value is -2.17. The quantitative estimate of drug-likeness (QED) is 0.544. The molecule has 0 unspecified atom stereocenters. The van der Waals surface area contributed by atoms with E-state index in [4.69, 9.17) is 9.47 Å². The van der Waals surface area contributed by atoms with Gasteiger partial charge in [-0.2, -0.15) is 5.10 Å². The molecular weight excluding hydrogens is 402 g/mol. The average molecular weight is 436 g/mol. The molecule has 4 atom stereocenters. The molecule has 3 rings (SSSR count). The van der Waals surface area contributed by atoms with E-state index in [0.29, 0.717) is 19.6 Å². The highest BCUT2D eigenvalue weighted by Gasteiger charge is 2.34. The van der Waals surface area contributed by atoms with E-state index in [1.807, 2.05) is 43.1 Å². The van der Waals surface area contributed by atoms with Gasteiger partial charge in [-0.1, -0.05) is 6.07 Å². The largest absolute Gasteiger partial charge is 0.494 e. The molecule has 0 radical (unpaired) electrons. The minimum absolute atomic E-state index is 0.0803. The molecule has 2 bridgehead atoms. The third kappa shape index (κ3) is 5.96. The van der Waals surface area contributed by atoms with E-state index in [0.717, 1.165) is 29.1 Å². The summed E-state index contributed by atoms with van der Waals surface area (Å²) in [6.45, 7) is 2.72. The van der Waals surface area contributed by atoms with Crippen molar-refractivity contribution in [2.24, 2.45) is 7.05 Å². The van der Waals surface area contributed by atoms with Crippen molar-refractivity contribution in [3.63, 3.8) is 0 Å². The first-order valence-electron chi connectivity index (χ1n) is 10.6. The maximum Gasteiger partial charge on any atom is 0.121 e. The van der Waals surface area contributed by atoms with E-state index < -0.39 is 31.0 Å². The van der Waals surface area contributed by atoms with Gasteiger partial charge in [-0.25, -0.2) is 0 Å². The number of rotatable bonds is 4. The Morgan fingerprint density at radius 2 is 2.00 bits per heavy atom. The van der Waals surface area contributed by atoms with Crippen LogP contribution in [0.15, 0.2) is 30.5 Å². The van der Waals surface area contributed by atoms with Crippen LogP contribution in [0.1, 0.15) is 24.1 Å². The summed E-state index contributed by atoms with van der Waals surface area (Å²) < 4.78 is 13.3. The number of β-amino-alcohol motifs (C(OH)–C–C–N with tert-alkyl or cyclic N) is 1. The Balaban J connectivity index is 1.91. The normalized spacial score (nSPS) is 24.3. The van der Waals surface area contributed by atoms with E-state index in [9.17, 15) is 20.4 Å². The van der Waals surface area contributed by atoms with Crippen molar-refractivity contribution in [3.8, 4) is 5.75 Å². The number of benzene rings is 1. The number of aryl methyl sites for hydroxylation is 1. The minimum Gasteiger partial charge on any atom is -0.494 e. The Bertz CT molecular complexity index is 829. The zero-order valence-electron chi connectivity index (χ0n) is 18.1.